The van der Waals surface area contributed by atoms with Crippen molar-refractivity contribution in [1.29, 1.82) is 0 Å². The van der Waals surface area contributed by atoms with Crippen LogP contribution in [0.1, 0.15) is 24.4 Å². The summed E-state index contributed by atoms with van der Waals surface area (Å²) in [7, 11) is 0. The summed E-state index contributed by atoms with van der Waals surface area (Å²) < 4.78 is 2.17. The van der Waals surface area contributed by atoms with Crippen molar-refractivity contribution in [2.45, 2.75) is 19.5 Å². The van der Waals surface area contributed by atoms with Crippen molar-refractivity contribution in [3.8, 4) is 0 Å². The molecule has 4 heteroatoms. The van der Waals surface area contributed by atoms with Crippen molar-refractivity contribution in [3.63, 3.8) is 0 Å². The maximum Gasteiger partial charge on any atom is 0.243 e. The zero-order valence-electron chi connectivity index (χ0n) is 15.2. The summed E-state index contributed by atoms with van der Waals surface area (Å²) in [5.74, 6) is 0.631. The first kappa shape index (κ1) is 17.0. The van der Waals surface area contributed by atoms with E-state index < -0.39 is 0 Å². The summed E-state index contributed by atoms with van der Waals surface area (Å²) in [4.78, 5) is 16.5. The van der Waals surface area contributed by atoms with Crippen molar-refractivity contribution in [3.05, 3.63) is 90.8 Å². The lowest BCUT2D eigenvalue weighted by molar-refractivity contribution is -0.117. The minimum Gasteiger partial charge on any atom is -0.343 e. The van der Waals surface area contributed by atoms with Gasteiger partial charge in [0.1, 0.15) is 5.82 Å². The standard InChI is InChI=1S/C23H21N3O/c1-3-22(27)24-16(2)23-25-20-10-6-7-11-21(20)26(23)15-17-12-13-18-8-4-5-9-19(18)14-17/h3-14,16H,1,15H2,2H3,(H,24,27). The van der Waals surface area contributed by atoms with Crippen LogP contribution in [0, 0.1) is 0 Å². The number of hydrogen-bond donors (Lipinski definition) is 1. The summed E-state index contributed by atoms with van der Waals surface area (Å²) >= 11 is 0. The van der Waals surface area contributed by atoms with Gasteiger partial charge in [0.2, 0.25) is 5.91 Å². The Labute approximate surface area is 158 Å². The highest BCUT2D eigenvalue weighted by molar-refractivity contribution is 5.87. The molecule has 1 atom stereocenters. The van der Waals surface area contributed by atoms with E-state index in [0.717, 1.165) is 16.9 Å². The SMILES string of the molecule is C=CC(=O)NC(C)c1nc2ccccc2n1Cc1ccc2ccccc2c1. The lowest BCUT2D eigenvalue weighted by Gasteiger charge is -2.16. The van der Waals surface area contributed by atoms with E-state index in [9.17, 15) is 4.79 Å². The number of benzene rings is 3. The Hall–Kier alpha value is -3.40. The smallest absolute Gasteiger partial charge is 0.243 e. The molecule has 4 aromatic rings. The summed E-state index contributed by atoms with van der Waals surface area (Å²) in [6.07, 6.45) is 1.28. The van der Waals surface area contributed by atoms with E-state index in [-0.39, 0.29) is 11.9 Å². The number of hydrogen-bond acceptors (Lipinski definition) is 2. The van der Waals surface area contributed by atoms with Crippen LogP contribution in [0.25, 0.3) is 21.8 Å². The third kappa shape index (κ3) is 3.34. The van der Waals surface area contributed by atoms with E-state index in [2.05, 4.69) is 58.9 Å². The Morgan fingerprint density at radius 2 is 1.85 bits per heavy atom. The van der Waals surface area contributed by atoms with Crippen LogP contribution in [0.4, 0.5) is 0 Å². The summed E-state index contributed by atoms with van der Waals surface area (Å²) in [6.45, 7) is 6.16. The van der Waals surface area contributed by atoms with Crippen molar-refractivity contribution >= 4 is 27.7 Å². The number of carbonyl (C=O) groups is 1. The van der Waals surface area contributed by atoms with Gasteiger partial charge in [-0.2, -0.15) is 0 Å². The van der Waals surface area contributed by atoms with Gasteiger partial charge in [-0.15, -0.1) is 0 Å². The molecule has 0 saturated carbocycles. The van der Waals surface area contributed by atoms with E-state index in [1.807, 2.05) is 31.2 Å². The van der Waals surface area contributed by atoms with Crippen LogP contribution in [0.15, 0.2) is 79.4 Å². The number of para-hydroxylation sites is 2. The molecule has 0 aliphatic heterocycles. The largest absolute Gasteiger partial charge is 0.343 e. The number of amides is 1. The number of nitrogens with one attached hydrogen (secondary N) is 1. The van der Waals surface area contributed by atoms with Gasteiger partial charge in [-0.1, -0.05) is 55.1 Å². The van der Waals surface area contributed by atoms with Crippen molar-refractivity contribution in [1.82, 2.24) is 14.9 Å². The van der Waals surface area contributed by atoms with E-state index in [4.69, 9.17) is 4.98 Å². The van der Waals surface area contributed by atoms with Gasteiger partial charge in [0, 0.05) is 6.54 Å². The van der Waals surface area contributed by atoms with Crippen LogP contribution in [0.5, 0.6) is 0 Å². The predicted octanol–water partition coefficient (Wildman–Crippen LogP) is 4.60. The normalized spacial score (nSPS) is 12.2. The average Bonchev–Trinajstić information content (AvgIpc) is 3.06. The van der Waals surface area contributed by atoms with Crippen LogP contribution in [-0.2, 0) is 11.3 Å². The van der Waals surface area contributed by atoms with Crippen LogP contribution >= 0.6 is 0 Å². The molecule has 1 heterocycles. The fourth-order valence-corrected chi connectivity index (χ4v) is 3.45. The first-order chi connectivity index (χ1) is 13.2. The highest BCUT2D eigenvalue weighted by Crippen LogP contribution is 2.24. The Morgan fingerprint density at radius 3 is 2.67 bits per heavy atom. The lowest BCUT2D eigenvalue weighted by atomic mass is 10.1. The van der Waals surface area contributed by atoms with Gasteiger partial charge in [0.15, 0.2) is 0 Å². The summed E-state index contributed by atoms with van der Waals surface area (Å²) in [5.41, 5.74) is 3.17. The van der Waals surface area contributed by atoms with Crippen LogP contribution in [0.2, 0.25) is 0 Å². The molecule has 0 fully saturated rings. The first-order valence-electron chi connectivity index (χ1n) is 9.01. The van der Waals surface area contributed by atoms with Crippen molar-refractivity contribution < 1.29 is 4.79 Å². The molecule has 1 N–H and O–H groups in total. The molecule has 4 rings (SSSR count). The molecule has 0 radical (unpaired) electrons. The minimum absolute atomic E-state index is 0.202. The molecule has 1 aromatic heterocycles. The third-order valence-corrected chi connectivity index (χ3v) is 4.77. The van der Waals surface area contributed by atoms with Crippen molar-refractivity contribution in [2.24, 2.45) is 0 Å². The second kappa shape index (κ2) is 7.08. The zero-order chi connectivity index (χ0) is 18.8. The van der Waals surface area contributed by atoms with Gasteiger partial charge in [0.25, 0.3) is 0 Å². The lowest BCUT2D eigenvalue weighted by Crippen LogP contribution is -2.27. The number of aromatic nitrogens is 2. The number of rotatable bonds is 5. The van der Waals surface area contributed by atoms with Crippen molar-refractivity contribution in [2.75, 3.05) is 0 Å². The molecule has 0 spiro atoms. The Morgan fingerprint density at radius 1 is 1.11 bits per heavy atom. The molecular formula is C23H21N3O. The summed E-state index contributed by atoms with van der Waals surface area (Å²) in [5, 5.41) is 5.36. The van der Waals surface area contributed by atoms with E-state index >= 15 is 0 Å². The second-order valence-corrected chi connectivity index (χ2v) is 6.66. The molecule has 1 unspecified atom stereocenters. The predicted molar refractivity (Wildman–Crippen MR) is 110 cm³/mol. The summed E-state index contributed by atoms with van der Waals surface area (Å²) in [6, 6.07) is 22.7. The molecule has 0 bridgehead atoms. The maximum atomic E-state index is 11.8. The van der Waals surface area contributed by atoms with Gasteiger partial charge in [-0.3, -0.25) is 4.79 Å². The fourth-order valence-electron chi connectivity index (χ4n) is 3.45. The number of imidazole rings is 1. The van der Waals surface area contributed by atoms with E-state index in [0.29, 0.717) is 6.54 Å². The average molecular weight is 355 g/mol. The first-order valence-corrected chi connectivity index (χ1v) is 9.01. The molecule has 4 nitrogen and oxygen atoms in total. The molecule has 3 aromatic carbocycles. The molecule has 0 aliphatic rings. The highest BCUT2D eigenvalue weighted by atomic mass is 16.1. The van der Waals surface area contributed by atoms with Crippen LogP contribution in [-0.4, -0.2) is 15.5 Å². The van der Waals surface area contributed by atoms with Gasteiger partial charge >= 0.3 is 0 Å². The molecule has 1 amide bonds. The number of nitrogens with zero attached hydrogens (tertiary/aromatic N) is 2. The topological polar surface area (TPSA) is 46.9 Å². The molecular weight excluding hydrogens is 334 g/mol. The highest BCUT2D eigenvalue weighted by Gasteiger charge is 2.17. The zero-order valence-corrected chi connectivity index (χ0v) is 15.2. The van der Waals surface area contributed by atoms with E-state index in [1.165, 1.54) is 22.4 Å². The molecule has 0 aliphatic carbocycles. The second-order valence-electron chi connectivity index (χ2n) is 6.66. The quantitative estimate of drug-likeness (QED) is 0.532. The van der Waals surface area contributed by atoms with Crippen LogP contribution < -0.4 is 5.32 Å². The van der Waals surface area contributed by atoms with Gasteiger partial charge in [-0.25, -0.2) is 4.98 Å². The van der Waals surface area contributed by atoms with Gasteiger partial charge < -0.3 is 9.88 Å². The molecule has 27 heavy (non-hydrogen) atoms. The number of fused-ring (bicyclic) bond motifs is 2. The molecule has 0 saturated heterocycles. The number of carbonyl (C=O) groups excluding carboxylic acids is 1. The molecule has 134 valence electrons. The Balaban J connectivity index is 1.77. The monoisotopic (exact) mass is 355 g/mol. The maximum absolute atomic E-state index is 11.8. The van der Waals surface area contributed by atoms with Gasteiger partial charge in [0.05, 0.1) is 17.1 Å². The Kier molecular flexibility index (Phi) is 4.47. The Bertz CT molecular complexity index is 1140. The van der Waals surface area contributed by atoms with Crippen LogP contribution in [0.3, 0.4) is 0 Å². The fraction of sp³-hybridized carbons (Fsp3) is 0.130. The minimum atomic E-state index is -0.219. The van der Waals surface area contributed by atoms with Gasteiger partial charge in [-0.05, 0) is 47.5 Å². The third-order valence-electron chi connectivity index (χ3n) is 4.77. The van der Waals surface area contributed by atoms with E-state index in [1.54, 1.807) is 0 Å².